The molecule has 0 spiro atoms. The SMILES string of the molecule is C=CCOc1ccc(Sc2ccc(OCC=C)c(C)c2)cc1C. The lowest BCUT2D eigenvalue weighted by molar-refractivity contribution is 0.360. The van der Waals surface area contributed by atoms with Crippen molar-refractivity contribution in [2.75, 3.05) is 13.2 Å². The van der Waals surface area contributed by atoms with Crippen molar-refractivity contribution in [1.82, 2.24) is 0 Å². The summed E-state index contributed by atoms with van der Waals surface area (Å²) in [6.45, 7) is 12.5. The lowest BCUT2D eigenvalue weighted by atomic mass is 10.2. The molecule has 2 rings (SSSR count). The summed E-state index contributed by atoms with van der Waals surface area (Å²) in [6, 6.07) is 12.5. The number of aryl methyl sites for hydroxylation is 2. The Morgan fingerprint density at radius 1 is 0.826 bits per heavy atom. The second-order valence-corrected chi connectivity index (χ2v) is 6.30. The van der Waals surface area contributed by atoms with Crippen molar-refractivity contribution in [3.05, 3.63) is 72.8 Å². The predicted octanol–water partition coefficient (Wildman–Crippen LogP) is 5.58. The van der Waals surface area contributed by atoms with E-state index in [0.717, 1.165) is 22.6 Å². The molecular formula is C20H22O2S. The molecule has 0 amide bonds. The first-order valence-electron chi connectivity index (χ1n) is 7.50. The molecule has 0 saturated heterocycles. The molecule has 0 atom stereocenters. The summed E-state index contributed by atoms with van der Waals surface area (Å²) in [5.41, 5.74) is 2.25. The molecule has 0 fully saturated rings. The van der Waals surface area contributed by atoms with Gasteiger partial charge in [-0.1, -0.05) is 37.1 Å². The normalized spacial score (nSPS) is 10.2. The lowest BCUT2D eigenvalue weighted by Gasteiger charge is -2.11. The van der Waals surface area contributed by atoms with E-state index in [2.05, 4.69) is 51.3 Å². The van der Waals surface area contributed by atoms with E-state index in [1.165, 1.54) is 9.79 Å². The van der Waals surface area contributed by atoms with Crippen LogP contribution < -0.4 is 9.47 Å². The molecule has 0 aliphatic rings. The van der Waals surface area contributed by atoms with E-state index in [9.17, 15) is 0 Å². The summed E-state index contributed by atoms with van der Waals surface area (Å²) in [7, 11) is 0. The highest BCUT2D eigenvalue weighted by Crippen LogP contribution is 2.33. The van der Waals surface area contributed by atoms with Crippen molar-refractivity contribution in [2.45, 2.75) is 23.6 Å². The minimum Gasteiger partial charge on any atom is -0.489 e. The van der Waals surface area contributed by atoms with Crippen LogP contribution >= 0.6 is 11.8 Å². The summed E-state index contributed by atoms with van der Waals surface area (Å²) < 4.78 is 11.2. The molecule has 120 valence electrons. The van der Waals surface area contributed by atoms with Crippen LogP contribution in [0.5, 0.6) is 11.5 Å². The van der Waals surface area contributed by atoms with Crippen LogP contribution in [0.2, 0.25) is 0 Å². The van der Waals surface area contributed by atoms with Gasteiger partial charge in [0.1, 0.15) is 24.7 Å². The van der Waals surface area contributed by atoms with Crippen molar-refractivity contribution in [3.63, 3.8) is 0 Å². The van der Waals surface area contributed by atoms with E-state index in [0.29, 0.717) is 13.2 Å². The van der Waals surface area contributed by atoms with Crippen molar-refractivity contribution in [2.24, 2.45) is 0 Å². The third-order valence-electron chi connectivity index (χ3n) is 3.24. The second kappa shape index (κ2) is 8.49. The van der Waals surface area contributed by atoms with Gasteiger partial charge in [0.2, 0.25) is 0 Å². The fraction of sp³-hybridized carbons (Fsp3) is 0.200. The molecule has 23 heavy (non-hydrogen) atoms. The van der Waals surface area contributed by atoms with Crippen LogP contribution in [0.1, 0.15) is 11.1 Å². The van der Waals surface area contributed by atoms with Gasteiger partial charge in [-0.05, 0) is 61.4 Å². The Bertz CT molecular complexity index is 633. The quantitative estimate of drug-likeness (QED) is 0.590. The number of rotatable bonds is 8. The zero-order valence-corrected chi connectivity index (χ0v) is 14.5. The highest BCUT2D eigenvalue weighted by atomic mass is 32.2. The van der Waals surface area contributed by atoms with Crippen LogP contribution in [0.15, 0.2) is 71.5 Å². The van der Waals surface area contributed by atoms with Gasteiger partial charge in [0.25, 0.3) is 0 Å². The molecule has 0 unspecified atom stereocenters. The Morgan fingerprint density at radius 3 is 1.61 bits per heavy atom. The van der Waals surface area contributed by atoms with Crippen LogP contribution in [0.25, 0.3) is 0 Å². The van der Waals surface area contributed by atoms with E-state index in [1.807, 2.05) is 12.1 Å². The standard InChI is InChI=1S/C20H22O2S/c1-5-11-21-19-9-7-17(13-15(19)3)23-18-8-10-20(16(4)14-18)22-12-6-2/h5-10,13-14H,1-2,11-12H2,3-4H3. The molecule has 2 nitrogen and oxygen atoms in total. The largest absolute Gasteiger partial charge is 0.489 e. The summed E-state index contributed by atoms with van der Waals surface area (Å²) in [4.78, 5) is 2.38. The zero-order chi connectivity index (χ0) is 16.7. The van der Waals surface area contributed by atoms with E-state index >= 15 is 0 Å². The Balaban J connectivity index is 2.09. The first-order chi connectivity index (χ1) is 11.1. The van der Waals surface area contributed by atoms with Gasteiger partial charge in [-0.3, -0.25) is 0 Å². The molecule has 0 aliphatic carbocycles. The molecule has 0 aromatic heterocycles. The van der Waals surface area contributed by atoms with Gasteiger partial charge in [0, 0.05) is 9.79 Å². The smallest absolute Gasteiger partial charge is 0.122 e. The zero-order valence-electron chi connectivity index (χ0n) is 13.7. The van der Waals surface area contributed by atoms with E-state index in [4.69, 9.17) is 9.47 Å². The van der Waals surface area contributed by atoms with Crippen molar-refractivity contribution in [3.8, 4) is 11.5 Å². The third kappa shape index (κ3) is 4.93. The van der Waals surface area contributed by atoms with Crippen LogP contribution in [0.3, 0.4) is 0 Å². The molecule has 0 aliphatic heterocycles. The number of hydrogen-bond acceptors (Lipinski definition) is 3. The third-order valence-corrected chi connectivity index (χ3v) is 4.22. The van der Waals surface area contributed by atoms with E-state index in [1.54, 1.807) is 23.9 Å². The van der Waals surface area contributed by atoms with Gasteiger partial charge in [0.05, 0.1) is 0 Å². The monoisotopic (exact) mass is 326 g/mol. The minimum atomic E-state index is 0.526. The number of ether oxygens (including phenoxy) is 2. The molecule has 3 heteroatoms. The van der Waals surface area contributed by atoms with Gasteiger partial charge in [0.15, 0.2) is 0 Å². The van der Waals surface area contributed by atoms with E-state index < -0.39 is 0 Å². The van der Waals surface area contributed by atoms with Crippen LogP contribution in [-0.2, 0) is 0 Å². The minimum absolute atomic E-state index is 0.526. The molecule has 0 bridgehead atoms. The summed E-state index contributed by atoms with van der Waals surface area (Å²) in [5.74, 6) is 1.80. The van der Waals surface area contributed by atoms with Crippen molar-refractivity contribution >= 4 is 11.8 Å². The lowest BCUT2D eigenvalue weighted by Crippen LogP contribution is -1.95. The second-order valence-electron chi connectivity index (χ2n) is 5.16. The summed E-state index contributed by atoms with van der Waals surface area (Å²) >= 11 is 1.73. The summed E-state index contributed by atoms with van der Waals surface area (Å²) in [6.07, 6.45) is 3.50. The van der Waals surface area contributed by atoms with Crippen LogP contribution in [0.4, 0.5) is 0 Å². The Morgan fingerprint density at radius 2 is 1.26 bits per heavy atom. The number of benzene rings is 2. The molecule has 2 aromatic rings. The predicted molar refractivity (Wildman–Crippen MR) is 97.9 cm³/mol. The molecule has 0 radical (unpaired) electrons. The molecular weight excluding hydrogens is 304 g/mol. The molecule has 0 heterocycles. The Labute approximate surface area is 142 Å². The van der Waals surface area contributed by atoms with Gasteiger partial charge < -0.3 is 9.47 Å². The Kier molecular flexibility index (Phi) is 6.36. The highest BCUT2D eigenvalue weighted by molar-refractivity contribution is 7.99. The highest BCUT2D eigenvalue weighted by Gasteiger charge is 2.05. The number of hydrogen-bond donors (Lipinski definition) is 0. The maximum atomic E-state index is 5.61. The molecule has 0 saturated carbocycles. The average Bonchev–Trinajstić information content (AvgIpc) is 2.53. The van der Waals surface area contributed by atoms with Crippen molar-refractivity contribution in [1.29, 1.82) is 0 Å². The fourth-order valence-corrected chi connectivity index (χ4v) is 3.14. The van der Waals surface area contributed by atoms with Gasteiger partial charge in [-0.2, -0.15) is 0 Å². The fourth-order valence-electron chi connectivity index (χ4n) is 2.13. The van der Waals surface area contributed by atoms with Gasteiger partial charge in [-0.15, -0.1) is 0 Å². The summed E-state index contributed by atoms with van der Waals surface area (Å²) in [5, 5.41) is 0. The maximum Gasteiger partial charge on any atom is 0.122 e. The maximum absolute atomic E-state index is 5.61. The Hall–Kier alpha value is -2.13. The van der Waals surface area contributed by atoms with Gasteiger partial charge >= 0.3 is 0 Å². The van der Waals surface area contributed by atoms with Crippen molar-refractivity contribution < 1.29 is 9.47 Å². The first-order valence-corrected chi connectivity index (χ1v) is 8.32. The van der Waals surface area contributed by atoms with Crippen LogP contribution in [0, 0.1) is 13.8 Å². The van der Waals surface area contributed by atoms with E-state index in [-0.39, 0.29) is 0 Å². The molecule has 2 aromatic carbocycles. The average molecular weight is 326 g/mol. The molecule has 0 N–H and O–H groups in total. The van der Waals surface area contributed by atoms with Crippen LogP contribution in [-0.4, -0.2) is 13.2 Å². The van der Waals surface area contributed by atoms with Gasteiger partial charge in [-0.25, -0.2) is 0 Å². The first kappa shape index (κ1) is 17.2. The topological polar surface area (TPSA) is 18.5 Å².